The van der Waals surface area contributed by atoms with Gasteiger partial charge in [-0.15, -0.1) is 0 Å². The van der Waals surface area contributed by atoms with Crippen LogP contribution in [-0.4, -0.2) is 53.5 Å². The lowest BCUT2D eigenvalue weighted by Gasteiger charge is -2.17. The Morgan fingerprint density at radius 1 is 0.658 bits per heavy atom. The Balaban J connectivity index is 1.77. The molecule has 0 atom stereocenters. The third-order valence-corrected chi connectivity index (χ3v) is 5.82. The highest BCUT2D eigenvalue weighted by Crippen LogP contribution is 2.42. The van der Waals surface area contributed by atoms with Crippen LogP contribution in [0.25, 0.3) is 10.9 Å². The van der Waals surface area contributed by atoms with Gasteiger partial charge in [0, 0.05) is 41.0 Å². The van der Waals surface area contributed by atoms with Crippen molar-refractivity contribution in [2.24, 2.45) is 0 Å². The van der Waals surface area contributed by atoms with Crippen LogP contribution in [-0.2, 0) is 0 Å². The molecule has 4 rings (SSSR count). The first kappa shape index (κ1) is 26.2. The van der Waals surface area contributed by atoms with E-state index in [4.69, 9.17) is 33.4 Å². The number of pyridine rings is 1. The Morgan fingerprint density at radius 2 is 1.16 bits per heavy atom. The highest BCUT2D eigenvalue weighted by Gasteiger charge is 2.20. The van der Waals surface area contributed by atoms with Crippen LogP contribution in [0.1, 0.15) is 10.4 Å². The first-order chi connectivity index (χ1) is 18.5. The van der Waals surface area contributed by atoms with Crippen LogP contribution < -0.4 is 39.1 Å². The number of methoxy groups -OCH3 is 6. The SMILES string of the molecule is COc1cc(NC(=O)c2cc3ccccc3nc2Nc2cc(OC)c(OC)c(OC)c2)cc(OC)c1OC. The second kappa shape index (κ2) is 11.5. The lowest BCUT2D eigenvalue weighted by Crippen LogP contribution is -2.15. The van der Waals surface area contributed by atoms with E-state index in [1.807, 2.05) is 24.3 Å². The van der Waals surface area contributed by atoms with Crippen LogP contribution >= 0.6 is 0 Å². The van der Waals surface area contributed by atoms with Gasteiger partial charge in [-0.2, -0.15) is 0 Å². The third-order valence-electron chi connectivity index (χ3n) is 5.82. The van der Waals surface area contributed by atoms with E-state index in [0.717, 1.165) is 5.39 Å². The highest BCUT2D eigenvalue weighted by atomic mass is 16.5. The number of amides is 1. The smallest absolute Gasteiger partial charge is 0.259 e. The largest absolute Gasteiger partial charge is 0.493 e. The standard InChI is InChI=1S/C28H29N3O7/c1-33-21-12-17(13-22(34-2)25(21)37-5)29-27-19(11-16-9-7-8-10-20(16)31-27)28(32)30-18-14-23(35-3)26(38-6)24(15-18)36-4/h7-15H,1-6H3,(H,29,31)(H,30,32). The normalized spacial score (nSPS) is 10.5. The summed E-state index contributed by atoms with van der Waals surface area (Å²) < 4.78 is 32.6. The van der Waals surface area contributed by atoms with Crippen LogP contribution in [0.4, 0.5) is 17.2 Å². The fourth-order valence-electron chi connectivity index (χ4n) is 4.03. The number of hydrogen-bond acceptors (Lipinski definition) is 9. The molecule has 10 heteroatoms. The van der Waals surface area contributed by atoms with E-state index < -0.39 is 5.91 Å². The van der Waals surface area contributed by atoms with Crippen molar-refractivity contribution in [3.8, 4) is 34.5 Å². The quantitative estimate of drug-likeness (QED) is 0.289. The van der Waals surface area contributed by atoms with Gasteiger partial charge in [-0.1, -0.05) is 18.2 Å². The van der Waals surface area contributed by atoms with Gasteiger partial charge in [-0.3, -0.25) is 4.79 Å². The fraction of sp³-hybridized carbons (Fsp3) is 0.214. The van der Waals surface area contributed by atoms with E-state index >= 15 is 0 Å². The molecule has 0 unspecified atom stereocenters. The van der Waals surface area contributed by atoms with Crippen LogP contribution in [0.15, 0.2) is 54.6 Å². The van der Waals surface area contributed by atoms with Crippen molar-refractivity contribution >= 4 is 34.0 Å². The number of benzene rings is 3. The van der Waals surface area contributed by atoms with Gasteiger partial charge in [0.1, 0.15) is 5.82 Å². The molecule has 0 aliphatic rings. The van der Waals surface area contributed by atoms with Crippen LogP contribution in [0.5, 0.6) is 34.5 Å². The van der Waals surface area contributed by atoms with Crippen LogP contribution in [0.2, 0.25) is 0 Å². The molecule has 0 aliphatic heterocycles. The topological polar surface area (TPSA) is 109 Å². The third kappa shape index (κ3) is 5.15. The molecule has 3 aromatic carbocycles. The monoisotopic (exact) mass is 519 g/mol. The number of aromatic nitrogens is 1. The molecule has 10 nitrogen and oxygen atoms in total. The summed E-state index contributed by atoms with van der Waals surface area (Å²) in [5, 5.41) is 6.95. The Morgan fingerprint density at radius 3 is 1.66 bits per heavy atom. The number of nitrogens with one attached hydrogen (secondary N) is 2. The van der Waals surface area contributed by atoms with Crippen molar-refractivity contribution in [3.05, 3.63) is 60.2 Å². The van der Waals surface area contributed by atoms with E-state index in [0.29, 0.717) is 62.8 Å². The predicted octanol–water partition coefficient (Wildman–Crippen LogP) is 5.28. The number of para-hydroxylation sites is 1. The molecule has 2 N–H and O–H groups in total. The molecule has 0 spiro atoms. The van der Waals surface area contributed by atoms with E-state index in [1.54, 1.807) is 30.3 Å². The van der Waals surface area contributed by atoms with Crippen LogP contribution in [0.3, 0.4) is 0 Å². The van der Waals surface area contributed by atoms with E-state index in [1.165, 1.54) is 42.7 Å². The summed E-state index contributed by atoms with van der Waals surface area (Å²) in [5.74, 6) is 2.55. The average molecular weight is 520 g/mol. The molecule has 0 saturated heterocycles. The summed E-state index contributed by atoms with van der Waals surface area (Å²) >= 11 is 0. The van der Waals surface area contributed by atoms with Gasteiger partial charge in [-0.05, 0) is 12.1 Å². The Kier molecular flexibility index (Phi) is 7.91. The molecule has 0 fully saturated rings. The molecule has 0 aliphatic carbocycles. The number of fused-ring (bicyclic) bond motifs is 1. The number of carbonyl (C=O) groups is 1. The number of carbonyl (C=O) groups excluding carboxylic acids is 1. The van der Waals surface area contributed by atoms with Gasteiger partial charge < -0.3 is 39.1 Å². The summed E-state index contributed by atoms with van der Waals surface area (Å²) in [5.41, 5.74) is 2.07. The van der Waals surface area contributed by atoms with E-state index in [2.05, 4.69) is 10.6 Å². The molecule has 0 bridgehead atoms. The van der Waals surface area contributed by atoms with Crippen LogP contribution in [0, 0.1) is 0 Å². The maximum Gasteiger partial charge on any atom is 0.259 e. The summed E-state index contributed by atoms with van der Waals surface area (Å²) in [4.78, 5) is 18.3. The summed E-state index contributed by atoms with van der Waals surface area (Å²) in [7, 11) is 9.13. The van der Waals surface area contributed by atoms with Crippen molar-refractivity contribution in [1.29, 1.82) is 0 Å². The zero-order valence-corrected chi connectivity index (χ0v) is 22.0. The fourth-order valence-corrected chi connectivity index (χ4v) is 4.03. The Labute approximate surface area is 220 Å². The maximum absolute atomic E-state index is 13.6. The lowest BCUT2D eigenvalue weighted by molar-refractivity contribution is 0.102. The number of ether oxygens (including phenoxy) is 6. The molecule has 0 radical (unpaired) electrons. The minimum atomic E-state index is -0.396. The first-order valence-corrected chi connectivity index (χ1v) is 11.5. The summed E-state index contributed by atoms with van der Waals surface area (Å²) in [6, 6.07) is 16.1. The minimum Gasteiger partial charge on any atom is -0.493 e. The molecular weight excluding hydrogens is 490 g/mol. The molecule has 1 heterocycles. The molecular formula is C28H29N3O7. The molecule has 198 valence electrons. The molecule has 1 amide bonds. The number of rotatable bonds is 10. The molecule has 4 aromatic rings. The van der Waals surface area contributed by atoms with Gasteiger partial charge >= 0.3 is 0 Å². The summed E-state index contributed by atoms with van der Waals surface area (Å²) in [6.07, 6.45) is 0. The van der Waals surface area contributed by atoms with Crippen molar-refractivity contribution in [3.63, 3.8) is 0 Å². The van der Waals surface area contributed by atoms with Crippen molar-refractivity contribution in [1.82, 2.24) is 4.98 Å². The first-order valence-electron chi connectivity index (χ1n) is 11.5. The lowest BCUT2D eigenvalue weighted by atomic mass is 10.1. The van der Waals surface area contributed by atoms with E-state index in [9.17, 15) is 4.79 Å². The number of nitrogens with zero attached hydrogens (tertiary/aromatic N) is 1. The maximum atomic E-state index is 13.6. The van der Waals surface area contributed by atoms with Gasteiger partial charge in [0.2, 0.25) is 11.5 Å². The second-order valence-electron chi connectivity index (χ2n) is 7.98. The van der Waals surface area contributed by atoms with Crippen molar-refractivity contribution in [2.75, 3.05) is 53.3 Å². The van der Waals surface area contributed by atoms with E-state index in [-0.39, 0.29) is 0 Å². The average Bonchev–Trinajstić information content (AvgIpc) is 2.95. The Bertz CT molecular complexity index is 1420. The van der Waals surface area contributed by atoms with Gasteiger partial charge in [0.15, 0.2) is 23.0 Å². The van der Waals surface area contributed by atoms with Gasteiger partial charge in [-0.25, -0.2) is 4.98 Å². The number of hydrogen-bond donors (Lipinski definition) is 2. The van der Waals surface area contributed by atoms with Gasteiger partial charge in [0.25, 0.3) is 5.91 Å². The molecule has 0 saturated carbocycles. The highest BCUT2D eigenvalue weighted by molar-refractivity contribution is 6.10. The second-order valence-corrected chi connectivity index (χ2v) is 7.98. The molecule has 1 aromatic heterocycles. The zero-order chi connectivity index (χ0) is 27.2. The van der Waals surface area contributed by atoms with Gasteiger partial charge in [0.05, 0.1) is 53.7 Å². The summed E-state index contributed by atoms with van der Waals surface area (Å²) in [6.45, 7) is 0. The molecule has 38 heavy (non-hydrogen) atoms. The van der Waals surface area contributed by atoms with Crippen molar-refractivity contribution < 1.29 is 33.2 Å². The number of anilines is 3. The minimum absolute atomic E-state index is 0.311. The predicted molar refractivity (Wildman–Crippen MR) is 145 cm³/mol. The Hall–Kier alpha value is -4.86. The van der Waals surface area contributed by atoms with Crippen molar-refractivity contribution in [2.45, 2.75) is 0 Å². The zero-order valence-electron chi connectivity index (χ0n) is 22.0.